The van der Waals surface area contributed by atoms with Crippen molar-refractivity contribution < 1.29 is 9.59 Å². The molecule has 1 saturated heterocycles. The summed E-state index contributed by atoms with van der Waals surface area (Å²) >= 11 is 0. The molecule has 1 aliphatic rings. The molecule has 2 amide bonds. The fourth-order valence-corrected chi connectivity index (χ4v) is 3.80. The Morgan fingerprint density at radius 3 is 2.65 bits per heavy atom. The topological polar surface area (TPSA) is 88.1 Å². The first kappa shape index (κ1) is 20.7. The molecule has 158 valence electrons. The molecule has 7 heteroatoms. The van der Waals surface area contributed by atoms with Crippen LogP contribution in [0, 0.1) is 6.92 Å². The molecule has 0 aliphatic carbocycles. The molecule has 0 saturated carbocycles. The third kappa shape index (κ3) is 4.94. The Balaban J connectivity index is 1.42. The van der Waals surface area contributed by atoms with Gasteiger partial charge in [-0.25, -0.2) is 9.97 Å². The first-order chi connectivity index (χ1) is 15.1. The van der Waals surface area contributed by atoms with E-state index in [2.05, 4.69) is 20.3 Å². The summed E-state index contributed by atoms with van der Waals surface area (Å²) < 4.78 is 0. The molecule has 4 rings (SSSR count). The zero-order chi connectivity index (χ0) is 21.6. The molecule has 0 spiro atoms. The highest BCUT2D eigenvalue weighted by molar-refractivity contribution is 5.94. The normalized spacial score (nSPS) is 16.0. The summed E-state index contributed by atoms with van der Waals surface area (Å²) in [6.07, 6.45) is 5.01. The smallest absolute Gasteiger partial charge is 0.272 e. The molecule has 1 atom stereocenters. The van der Waals surface area contributed by atoms with E-state index in [4.69, 9.17) is 0 Å². The van der Waals surface area contributed by atoms with Crippen LogP contribution in [0.3, 0.4) is 0 Å². The summed E-state index contributed by atoms with van der Waals surface area (Å²) in [5.41, 5.74) is 2.59. The Labute approximate surface area is 181 Å². The van der Waals surface area contributed by atoms with Crippen LogP contribution in [0.5, 0.6) is 0 Å². The quantitative estimate of drug-likeness (QED) is 0.692. The van der Waals surface area contributed by atoms with Crippen molar-refractivity contribution in [2.24, 2.45) is 0 Å². The lowest BCUT2D eigenvalue weighted by molar-refractivity contribution is 0.0698. The van der Waals surface area contributed by atoms with E-state index in [1.165, 1.54) is 0 Å². The number of aryl methyl sites for hydroxylation is 1. The van der Waals surface area contributed by atoms with Crippen molar-refractivity contribution in [1.82, 2.24) is 25.2 Å². The number of nitrogens with zero attached hydrogens (tertiary/aromatic N) is 4. The average molecular weight is 415 g/mol. The van der Waals surface area contributed by atoms with Gasteiger partial charge in [-0.1, -0.05) is 36.4 Å². The lowest BCUT2D eigenvalue weighted by atomic mass is 9.96. The second kappa shape index (κ2) is 9.47. The third-order valence-electron chi connectivity index (χ3n) is 5.50. The van der Waals surface area contributed by atoms with E-state index in [0.29, 0.717) is 42.4 Å². The number of pyridine rings is 1. The van der Waals surface area contributed by atoms with Gasteiger partial charge < -0.3 is 10.2 Å². The van der Waals surface area contributed by atoms with Crippen LogP contribution < -0.4 is 5.32 Å². The molecule has 7 nitrogen and oxygen atoms in total. The fraction of sp³-hybridized carbons (Fsp3) is 0.292. The predicted molar refractivity (Wildman–Crippen MR) is 116 cm³/mol. The van der Waals surface area contributed by atoms with Gasteiger partial charge in [-0.05, 0) is 37.5 Å². The van der Waals surface area contributed by atoms with Crippen LogP contribution in [0.2, 0.25) is 0 Å². The molecular formula is C24H25N5O2. The van der Waals surface area contributed by atoms with Gasteiger partial charge in [-0.3, -0.25) is 14.6 Å². The Kier molecular flexibility index (Phi) is 6.31. The van der Waals surface area contributed by atoms with Gasteiger partial charge in [0.25, 0.3) is 11.8 Å². The van der Waals surface area contributed by atoms with E-state index in [0.717, 1.165) is 18.4 Å². The van der Waals surface area contributed by atoms with E-state index in [-0.39, 0.29) is 17.7 Å². The van der Waals surface area contributed by atoms with Crippen LogP contribution in [-0.2, 0) is 6.54 Å². The van der Waals surface area contributed by atoms with Gasteiger partial charge >= 0.3 is 0 Å². The minimum atomic E-state index is -0.191. The third-order valence-corrected chi connectivity index (χ3v) is 5.50. The van der Waals surface area contributed by atoms with Gasteiger partial charge in [0.15, 0.2) is 0 Å². The first-order valence-corrected chi connectivity index (χ1v) is 10.5. The summed E-state index contributed by atoms with van der Waals surface area (Å²) in [5, 5.41) is 2.92. The van der Waals surface area contributed by atoms with E-state index in [1.54, 1.807) is 24.5 Å². The second-order valence-electron chi connectivity index (χ2n) is 7.70. The van der Waals surface area contributed by atoms with Crippen LogP contribution >= 0.6 is 0 Å². The minimum absolute atomic E-state index is 0.0431. The number of aromatic nitrogens is 3. The maximum absolute atomic E-state index is 12.7. The SMILES string of the molecule is Cc1nc([C@H]2CCCN(C(=O)c3ccccn3)C2)ncc1C(=O)NCc1ccccc1. The van der Waals surface area contributed by atoms with Crippen LogP contribution in [-0.4, -0.2) is 44.8 Å². The van der Waals surface area contributed by atoms with Gasteiger partial charge in [-0.2, -0.15) is 0 Å². The van der Waals surface area contributed by atoms with Crippen LogP contribution in [0.4, 0.5) is 0 Å². The summed E-state index contributed by atoms with van der Waals surface area (Å²) in [4.78, 5) is 40.4. The van der Waals surface area contributed by atoms with Gasteiger partial charge in [-0.15, -0.1) is 0 Å². The fourth-order valence-electron chi connectivity index (χ4n) is 3.80. The zero-order valence-corrected chi connectivity index (χ0v) is 17.5. The lowest BCUT2D eigenvalue weighted by Crippen LogP contribution is -2.40. The Morgan fingerprint density at radius 1 is 1.10 bits per heavy atom. The molecule has 0 radical (unpaired) electrons. The number of benzene rings is 1. The minimum Gasteiger partial charge on any atom is -0.348 e. The molecule has 0 unspecified atom stereocenters. The number of amides is 2. The molecule has 1 N–H and O–H groups in total. The number of rotatable bonds is 5. The molecule has 3 aromatic rings. The summed E-state index contributed by atoms with van der Waals surface area (Å²) in [7, 11) is 0. The summed E-state index contributed by atoms with van der Waals surface area (Å²) in [6.45, 7) is 3.52. The maximum Gasteiger partial charge on any atom is 0.272 e. The number of carbonyl (C=O) groups excluding carboxylic acids is 2. The second-order valence-corrected chi connectivity index (χ2v) is 7.70. The molecule has 1 aliphatic heterocycles. The van der Waals surface area contributed by atoms with Gasteiger partial charge in [0.1, 0.15) is 11.5 Å². The largest absolute Gasteiger partial charge is 0.348 e. The molecule has 31 heavy (non-hydrogen) atoms. The molecule has 0 bridgehead atoms. The number of piperidine rings is 1. The van der Waals surface area contributed by atoms with Crippen LogP contribution in [0.1, 0.15) is 56.7 Å². The van der Waals surface area contributed by atoms with Crippen molar-refractivity contribution in [2.45, 2.75) is 32.2 Å². The number of likely N-dealkylation sites (tertiary alicyclic amines) is 1. The van der Waals surface area contributed by atoms with E-state index >= 15 is 0 Å². The number of nitrogens with one attached hydrogen (secondary N) is 1. The lowest BCUT2D eigenvalue weighted by Gasteiger charge is -2.32. The number of carbonyl (C=O) groups is 2. The Bertz CT molecular complexity index is 1060. The zero-order valence-electron chi connectivity index (χ0n) is 17.5. The number of hydrogen-bond acceptors (Lipinski definition) is 5. The van der Waals surface area contributed by atoms with Crippen molar-refractivity contribution in [1.29, 1.82) is 0 Å². The average Bonchev–Trinajstić information content (AvgIpc) is 2.83. The van der Waals surface area contributed by atoms with Gasteiger partial charge in [0.05, 0.1) is 11.3 Å². The summed E-state index contributed by atoms with van der Waals surface area (Å²) in [6, 6.07) is 15.1. The molecule has 3 heterocycles. The molecule has 1 fully saturated rings. The van der Waals surface area contributed by atoms with E-state index in [1.807, 2.05) is 48.2 Å². The van der Waals surface area contributed by atoms with Crippen LogP contribution in [0.25, 0.3) is 0 Å². The van der Waals surface area contributed by atoms with E-state index in [9.17, 15) is 9.59 Å². The molecule has 2 aromatic heterocycles. The first-order valence-electron chi connectivity index (χ1n) is 10.5. The Morgan fingerprint density at radius 2 is 1.90 bits per heavy atom. The monoisotopic (exact) mass is 415 g/mol. The predicted octanol–water partition coefficient (Wildman–Crippen LogP) is 3.13. The van der Waals surface area contributed by atoms with Crippen molar-refractivity contribution in [3.8, 4) is 0 Å². The van der Waals surface area contributed by atoms with Crippen molar-refractivity contribution >= 4 is 11.8 Å². The van der Waals surface area contributed by atoms with Gasteiger partial charge in [0.2, 0.25) is 0 Å². The van der Waals surface area contributed by atoms with Crippen molar-refractivity contribution in [3.05, 3.63) is 89.3 Å². The highest BCUT2D eigenvalue weighted by atomic mass is 16.2. The van der Waals surface area contributed by atoms with E-state index < -0.39 is 0 Å². The highest BCUT2D eigenvalue weighted by Gasteiger charge is 2.28. The van der Waals surface area contributed by atoms with Crippen molar-refractivity contribution in [3.63, 3.8) is 0 Å². The van der Waals surface area contributed by atoms with Gasteiger partial charge in [0, 0.05) is 37.9 Å². The highest BCUT2D eigenvalue weighted by Crippen LogP contribution is 2.25. The van der Waals surface area contributed by atoms with Crippen LogP contribution in [0.15, 0.2) is 60.9 Å². The van der Waals surface area contributed by atoms with Crippen molar-refractivity contribution in [2.75, 3.05) is 13.1 Å². The number of hydrogen-bond donors (Lipinski definition) is 1. The molecular weight excluding hydrogens is 390 g/mol. The standard InChI is InChI=1S/C24H25N5O2/c1-17-20(23(30)27-14-18-8-3-2-4-9-18)15-26-22(28-17)19-10-7-13-29(16-19)24(31)21-11-5-6-12-25-21/h2-6,8-9,11-12,15,19H,7,10,13-14,16H2,1H3,(H,27,30)/t19-/m0/s1. The molecule has 1 aromatic carbocycles. The Hall–Kier alpha value is -3.61. The summed E-state index contributed by atoms with van der Waals surface area (Å²) in [5.74, 6) is 0.458. The maximum atomic E-state index is 12.7.